The SMILES string of the molecule is C=Cc1c(/C=C\C)n(-c2ccc(C3(c4ccccc4)c4ccccc4-c4cnc(-c5ccccc5)nc43)cc2)c2ccccc12. The number of para-hydroxylation sites is 1. The molecule has 3 nitrogen and oxygen atoms in total. The van der Waals surface area contributed by atoms with E-state index < -0.39 is 5.41 Å². The highest BCUT2D eigenvalue weighted by Gasteiger charge is 2.48. The molecule has 1 aliphatic carbocycles. The third-order valence-electron chi connectivity index (χ3n) is 9.04. The van der Waals surface area contributed by atoms with Gasteiger partial charge in [-0.2, -0.15) is 0 Å². The van der Waals surface area contributed by atoms with Crippen LogP contribution in [0.2, 0.25) is 0 Å². The van der Waals surface area contributed by atoms with E-state index in [2.05, 4.69) is 145 Å². The van der Waals surface area contributed by atoms with Crippen molar-refractivity contribution in [1.82, 2.24) is 14.5 Å². The minimum Gasteiger partial charge on any atom is -0.309 e. The van der Waals surface area contributed by atoms with Gasteiger partial charge in [0.2, 0.25) is 0 Å². The van der Waals surface area contributed by atoms with Crippen LogP contribution < -0.4 is 0 Å². The maximum atomic E-state index is 5.38. The molecule has 2 aromatic heterocycles. The van der Waals surface area contributed by atoms with Crippen LogP contribution in [-0.4, -0.2) is 14.5 Å². The van der Waals surface area contributed by atoms with Gasteiger partial charge in [0.1, 0.15) is 0 Å². The van der Waals surface area contributed by atoms with Gasteiger partial charge in [0.15, 0.2) is 5.82 Å². The van der Waals surface area contributed by atoms with Gasteiger partial charge in [-0.15, -0.1) is 0 Å². The molecule has 5 aromatic carbocycles. The zero-order valence-corrected chi connectivity index (χ0v) is 25.1. The van der Waals surface area contributed by atoms with Crippen LogP contribution in [0.3, 0.4) is 0 Å². The molecule has 7 aromatic rings. The lowest BCUT2D eigenvalue weighted by atomic mass is 9.69. The quantitative estimate of drug-likeness (QED) is 0.197. The first-order valence-corrected chi connectivity index (χ1v) is 15.3. The third kappa shape index (κ3) is 3.98. The Morgan fingerprint density at radius 2 is 1.36 bits per heavy atom. The van der Waals surface area contributed by atoms with Crippen LogP contribution >= 0.6 is 0 Å². The number of hydrogen-bond acceptors (Lipinski definition) is 2. The Bertz CT molecular complexity index is 2220. The first-order chi connectivity index (χ1) is 22.3. The molecule has 0 saturated heterocycles. The topological polar surface area (TPSA) is 30.7 Å². The second-order valence-corrected chi connectivity index (χ2v) is 11.4. The van der Waals surface area contributed by atoms with E-state index >= 15 is 0 Å². The second kappa shape index (κ2) is 10.7. The molecule has 0 fully saturated rings. The molecule has 0 N–H and O–H groups in total. The summed E-state index contributed by atoms with van der Waals surface area (Å²) < 4.78 is 2.33. The predicted molar refractivity (Wildman–Crippen MR) is 186 cm³/mol. The molecular weight excluding hydrogens is 546 g/mol. The summed E-state index contributed by atoms with van der Waals surface area (Å²) in [6.07, 6.45) is 8.23. The molecular formula is C42H31N3. The fraction of sp³-hybridized carbons (Fsp3) is 0.0476. The molecule has 0 bridgehead atoms. The largest absolute Gasteiger partial charge is 0.309 e. The van der Waals surface area contributed by atoms with Crippen LogP contribution in [0.4, 0.5) is 0 Å². The smallest absolute Gasteiger partial charge is 0.159 e. The number of rotatable bonds is 6. The Hall–Kier alpha value is -5.80. The van der Waals surface area contributed by atoms with Crippen molar-refractivity contribution in [3.8, 4) is 28.2 Å². The minimum absolute atomic E-state index is 0.616. The zero-order valence-electron chi connectivity index (χ0n) is 25.1. The molecule has 8 rings (SSSR count). The Balaban J connectivity index is 1.40. The van der Waals surface area contributed by atoms with E-state index in [4.69, 9.17) is 9.97 Å². The van der Waals surface area contributed by atoms with E-state index in [1.807, 2.05) is 30.5 Å². The molecule has 1 atom stereocenters. The van der Waals surface area contributed by atoms with Gasteiger partial charge < -0.3 is 4.57 Å². The van der Waals surface area contributed by atoms with Crippen LogP contribution in [0.15, 0.2) is 152 Å². The van der Waals surface area contributed by atoms with Crippen molar-refractivity contribution >= 4 is 23.1 Å². The average molecular weight is 578 g/mol. The molecule has 3 heteroatoms. The van der Waals surface area contributed by atoms with E-state index in [0.717, 1.165) is 50.7 Å². The predicted octanol–water partition coefficient (Wildman–Crippen LogP) is 10.1. The zero-order chi connectivity index (χ0) is 30.4. The van der Waals surface area contributed by atoms with E-state index in [-0.39, 0.29) is 0 Å². The summed E-state index contributed by atoms with van der Waals surface area (Å²) in [5.74, 6) is 0.728. The van der Waals surface area contributed by atoms with Crippen molar-refractivity contribution < 1.29 is 0 Å². The van der Waals surface area contributed by atoms with Crippen molar-refractivity contribution in [2.45, 2.75) is 12.3 Å². The third-order valence-corrected chi connectivity index (χ3v) is 9.04. The van der Waals surface area contributed by atoms with Crippen molar-refractivity contribution in [2.75, 3.05) is 0 Å². The van der Waals surface area contributed by atoms with Gasteiger partial charge in [-0.1, -0.05) is 134 Å². The van der Waals surface area contributed by atoms with E-state index in [9.17, 15) is 0 Å². The Morgan fingerprint density at radius 3 is 2.11 bits per heavy atom. The van der Waals surface area contributed by atoms with Gasteiger partial charge in [-0.25, -0.2) is 9.97 Å². The molecule has 0 amide bonds. The van der Waals surface area contributed by atoms with E-state index in [1.165, 1.54) is 22.1 Å². The lowest BCUT2D eigenvalue weighted by molar-refractivity contribution is 0.735. The highest BCUT2D eigenvalue weighted by molar-refractivity contribution is 5.95. The van der Waals surface area contributed by atoms with E-state index in [1.54, 1.807) is 0 Å². The monoisotopic (exact) mass is 577 g/mol. The van der Waals surface area contributed by atoms with Crippen molar-refractivity contribution in [2.24, 2.45) is 0 Å². The second-order valence-electron chi connectivity index (χ2n) is 11.4. The van der Waals surface area contributed by atoms with Gasteiger partial charge in [0, 0.05) is 34.0 Å². The van der Waals surface area contributed by atoms with Crippen molar-refractivity contribution in [3.05, 3.63) is 186 Å². The number of aromatic nitrogens is 3. The summed E-state index contributed by atoms with van der Waals surface area (Å²) in [6.45, 7) is 6.21. The van der Waals surface area contributed by atoms with Crippen molar-refractivity contribution in [3.63, 3.8) is 0 Å². The highest BCUT2D eigenvalue weighted by atomic mass is 15.0. The minimum atomic E-state index is -0.616. The number of allylic oxidation sites excluding steroid dienone is 1. The van der Waals surface area contributed by atoms with Gasteiger partial charge in [-0.3, -0.25) is 0 Å². The first kappa shape index (κ1) is 26.8. The van der Waals surface area contributed by atoms with Crippen LogP contribution in [0.1, 0.15) is 40.6 Å². The highest BCUT2D eigenvalue weighted by Crippen LogP contribution is 2.55. The fourth-order valence-electron chi connectivity index (χ4n) is 7.16. The Labute approximate surface area is 263 Å². The van der Waals surface area contributed by atoms with Crippen LogP contribution in [0.5, 0.6) is 0 Å². The molecule has 1 aliphatic rings. The van der Waals surface area contributed by atoms with Gasteiger partial charge >= 0.3 is 0 Å². The van der Waals surface area contributed by atoms with Crippen LogP contribution in [0.25, 0.3) is 51.3 Å². The van der Waals surface area contributed by atoms with Gasteiger partial charge in [0.25, 0.3) is 0 Å². The van der Waals surface area contributed by atoms with Crippen molar-refractivity contribution in [1.29, 1.82) is 0 Å². The molecule has 1 unspecified atom stereocenters. The number of nitrogens with zero attached hydrogens (tertiary/aromatic N) is 3. The lowest BCUT2D eigenvalue weighted by Gasteiger charge is -2.33. The molecule has 0 saturated carbocycles. The Kier molecular flexibility index (Phi) is 6.39. The molecule has 0 spiro atoms. The summed E-state index contributed by atoms with van der Waals surface area (Å²) in [5, 5.41) is 1.19. The number of hydrogen-bond donors (Lipinski definition) is 0. The lowest BCUT2D eigenvalue weighted by Crippen LogP contribution is -2.30. The first-order valence-electron chi connectivity index (χ1n) is 15.3. The summed E-state index contributed by atoms with van der Waals surface area (Å²) in [4.78, 5) is 10.2. The van der Waals surface area contributed by atoms with Crippen LogP contribution in [0, 0.1) is 0 Å². The molecule has 45 heavy (non-hydrogen) atoms. The summed E-state index contributed by atoms with van der Waals surface area (Å²) in [5.41, 5.74) is 11.7. The molecule has 0 aliphatic heterocycles. The van der Waals surface area contributed by atoms with Gasteiger partial charge in [-0.05, 0) is 53.5 Å². The maximum absolute atomic E-state index is 5.38. The summed E-state index contributed by atoms with van der Waals surface area (Å²) >= 11 is 0. The normalized spacial score (nSPS) is 15.3. The molecule has 0 radical (unpaired) electrons. The molecule has 214 valence electrons. The summed E-state index contributed by atoms with van der Waals surface area (Å²) in [7, 11) is 0. The standard InChI is InChI=1S/C42H31N3/c1-3-15-38-33(4-2)35-21-12-14-23-39(35)45(38)32-26-24-31(25-27-32)42(30-18-9-6-10-19-30)37-22-13-11-20-34(37)36-28-43-41(44-40(36)42)29-16-7-5-8-17-29/h3-28H,2H2,1H3/b15-3-. The van der Waals surface area contributed by atoms with E-state index in [0.29, 0.717) is 0 Å². The molecule has 2 heterocycles. The van der Waals surface area contributed by atoms with Gasteiger partial charge in [0.05, 0.1) is 22.3 Å². The summed E-state index contributed by atoms with van der Waals surface area (Å²) in [6, 6.07) is 47.3. The van der Waals surface area contributed by atoms with Crippen LogP contribution in [-0.2, 0) is 5.41 Å². The maximum Gasteiger partial charge on any atom is 0.159 e. The average Bonchev–Trinajstić information content (AvgIpc) is 3.59. The number of benzene rings is 5. The number of fused-ring (bicyclic) bond motifs is 4. The Morgan fingerprint density at radius 1 is 0.689 bits per heavy atom. The fourth-order valence-corrected chi connectivity index (χ4v) is 7.16.